The molecule has 2 aliphatic carbocycles. The van der Waals surface area contributed by atoms with Gasteiger partial charge in [-0.2, -0.15) is 0 Å². The van der Waals surface area contributed by atoms with Gasteiger partial charge in [-0.15, -0.1) is 21.5 Å². The predicted molar refractivity (Wildman–Crippen MR) is 126 cm³/mol. The van der Waals surface area contributed by atoms with E-state index in [1.54, 1.807) is 24.4 Å². The van der Waals surface area contributed by atoms with E-state index in [1.807, 2.05) is 5.38 Å². The Bertz CT molecular complexity index is 1110. The fourth-order valence-electron chi connectivity index (χ4n) is 5.26. The summed E-state index contributed by atoms with van der Waals surface area (Å²) in [6.07, 6.45) is 6.78. The molecule has 0 spiro atoms. The number of thioether (sulfide) groups is 1. The van der Waals surface area contributed by atoms with Crippen molar-refractivity contribution in [2.75, 3.05) is 11.1 Å². The monoisotopic (exact) mass is 487 g/mol. The second-order valence-corrected chi connectivity index (χ2v) is 10.6. The number of ether oxygens (including phenoxy) is 1. The lowest BCUT2D eigenvalue weighted by atomic mass is 9.84. The number of benzene rings is 1. The van der Waals surface area contributed by atoms with Crippen LogP contribution in [0.1, 0.15) is 44.5 Å². The molecule has 2 aromatic heterocycles. The number of para-hydroxylation sites is 1. The number of carbonyl (C=O) groups is 1. The summed E-state index contributed by atoms with van der Waals surface area (Å²) in [5.74, 6) is 2.59. The summed E-state index contributed by atoms with van der Waals surface area (Å²) in [5.41, 5.74) is 0. The maximum absolute atomic E-state index is 14.0. The third-order valence-corrected chi connectivity index (χ3v) is 8.39. The topological polar surface area (TPSA) is 81.9 Å². The average Bonchev–Trinajstić information content (AvgIpc) is 3.62. The number of anilines is 1. The van der Waals surface area contributed by atoms with Gasteiger partial charge in [0, 0.05) is 17.6 Å². The molecule has 2 aliphatic rings. The highest BCUT2D eigenvalue weighted by atomic mass is 32.2. The number of aromatic nitrogens is 4. The summed E-state index contributed by atoms with van der Waals surface area (Å²) in [7, 11) is 0. The number of amides is 1. The van der Waals surface area contributed by atoms with Crippen LogP contribution >= 0.6 is 23.1 Å². The van der Waals surface area contributed by atoms with Gasteiger partial charge in [-0.3, -0.25) is 9.36 Å². The lowest BCUT2D eigenvalue weighted by Crippen LogP contribution is -2.25. The SMILES string of the molecule is CC(C1CC2CCC1C2)n1c(COc2ccccc2F)nnc1SCC(=O)Nc1nccs1. The van der Waals surface area contributed by atoms with Gasteiger partial charge in [0.05, 0.1) is 5.75 Å². The summed E-state index contributed by atoms with van der Waals surface area (Å²) in [5, 5.41) is 14.6. The van der Waals surface area contributed by atoms with Crippen molar-refractivity contribution in [3.05, 3.63) is 47.5 Å². The first-order chi connectivity index (χ1) is 16.1. The highest BCUT2D eigenvalue weighted by Crippen LogP contribution is 2.52. The summed E-state index contributed by atoms with van der Waals surface area (Å²) in [4.78, 5) is 16.5. The minimum absolute atomic E-state index is 0.116. The highest BCUT2D eigenvalue weighted by Gasteiger charge is 2.43. The van der Waals surface area contributed by atoms with Gasteiger partial charge < -0.3 is 10.1 Å². The van der Waals surface area contributed by atoms with Gasteiger partial charge in [-0.05, 0) is 56.1 Å². The number of hydrogen-bond acceptors (Lipinski definition) is 7. The van der Waals surface area contributed by atoms with Crippen molar-refractivity contribution in [3.63, 3.8) is 0 Å². The minimum Gasteiger partial charge on any atom is -0.483 e. The molecule has 1 aromatic carbocycles. The molecule has 0 saturated heterocycles. The van der Waals surface area contributed by atoms with E-state index in [0.29, 0.717) is 22.0 Å². The Morgan fingerprint density at radius 1 is 1.33 bits per heavy atom. The number of thiazole rings is 1. The molecular weight excluding hydrogens is 461 g/mol. The number of halogens is 1. The Morgan fingerprint density at radius 2 is 2.21 bits per heavy atom. The molecule has 5 rings (SSSR count). The molecule has 7 nitrogen and oxygen atoms in total. The zero-order valence-electron chi connectivity index (χ0n) is 18.3. The summed E-state index contributed by atoms with van der Waals surface area (Å²) < 4.78 is 21.9. The number of nitrogens with zero attached hydrogens (tertiary/aromatic N) is 4. The fourth-order valence-corrected chi connectivity index (χ4v) is 6.65. The zero-order valence-corrected chi connectivity index (χ0v) is 19.9. The van der Waals surface area contributed by atoms with E-state index in [4.69, 9.17) is 4.74 Å². The van der Waals surface area contributed by atoms with E-state index in [-0.39, 0.29) is 30.1 Å². The second-order valence-electron chi connectivity index (χ2n) is 8.74. The van der Waals surface area contributed by atoms with E-state index in [1.165, 1.54) is 54.8 Å². The molecular formula is C23H26FN5O2S2. The molecule has 0 aliphatic heterocycles. The van der Waals surface area contributed by atoms with Crippen LogP contribution in [-0.2, 0) is 11.4 Å². The predicted octanol–water partition coefficient (Wildman–Crippen LogP) is 5.18. The van der Waals surface area contributed by atoms with Crippen molar-refractivity contribution >= 4 is 34.1 Å². The number of nitrogens with one attached hydrogen (secondary N) is 1. The van der Waals surface area contributed by atoms with Crippen molar-refractivity contribution in [1.29, 1.82) is 0 Å². The fraction of sp³-hybridized carbons (Fsp3) is 0.478. The lowest BCUT2D eigenvalue weighted by Gasteiger charge is -2.30. The van der Waals surface area contributed by atoms with Crippen molar-refractivity contribution in [3.8, 4) is 5.75 Å². The molecule has 1 amide bonds. The highest BCUT2D eigenvalue weighted by molar-refractivity contribution is 7.99. The van der Waals surface area contributed by atoms with Crippen LogP contribution in [0.15, 0.2) is 41.0 Å². The molecule has 33 heavy (non-hydrogen) atoms. The van der Waals surface area contributed by atoms with Gasteiger partial charge in [0.2, 0.25) is 5.91 Å². The Morgan fingerprint density at radius 3 is 2.94 bits per heavy atom. The Hall–Kier alpha value is -2.46. The standard InChI is InChI=1S/C23H26FN5O2S2/c1-14(17-11-15-6-7-16(17)10-15)29-20(12-31-19-5-3-2-4-18(19)24)27-28-23(29)33-13-21(30)26-22-25-8-9-32-22/h2-5,8-9,14-17H,6-7,10-13H2,1H3,(H,25,26,30). The number of rotatable bonds is 9. The van der Waals surface area contributed by atoms with Crippen LogP contribution < -0.4 is 10.1 Å². The third kappa shape index (κ3) is 4.91. The quantitative estimate of drug-likeness (QED) is 0.419. The van der Waals surface area contributed by atoms with E-state index >= 15 is 0 Å². The van der Waals surface area contributed by atoms with E-state index in [2.05, 4.69) is 32.0 Å². The van der Waals surface area contributed by atoms with Crippen molar-refractivity contribution in [2.45, 2.75) is 50.4 Å². The molecule has 1 N–H and O–H groups in total. The maximum atomic E-state index is 14.0. The van der Waals surface area contributed by atoms with Crippen molar-refractivity contribution in [1.82, 2.24) is 19.7 Å². The summed E-state index contributed by atoms with van der Waals surface area (Å²) >= 11 is 2.74. The number of carbonyl (C=O) groups excluding carboxylic acids is 1. The van der Waals surface area contributed by atoms with Crippen LogP contribution in [0, 0.1) is 23.6 Å². The lowest BCUT2D eigenvalue weighted by molar-refractivity contribution is -0.113. The number of hydrogen-bond donors (Lipinski definition) is 1. The minimum atomic E-state index is -0.404. The van der Waals surface area contributed by atoms with Crippen LogP contribution in [0.5, 0.6) is 5.75 Å². The van der Waals surface area contributed by atoms with Gasteiger partial charge in [-0.25, -0.2) is 9.37 Å². The maximum Gasteiger partial charge on any atom is 0.236 e. The molecule has 0 radical (unpaired) electrons. The van der Waals surface area contributed by atoms with Gasteiger partial charge in [-0.1, -0.05) is 30.3 Å². The van der Waals surface area contributed by atoms with Gasteiger partial charge in [0.25, 0.3) is 0 Å². The first-order valence-electron chi connectivity index (χ1n) is 11.2. The Labute approximate surface area is 200 Å². The van der Waals surface area contributed by atoms with E-state index < -0.39 is 5.82 Å². The third-order valence-electron chi connectivity index (χ3n) is 6.76. The van der Waals surface area contributed by atoms with Crippen molar-refractivity contribution in [2.24, 2.45) is 17.8 Å². The average molecular weight is 488 g/mol. The van der Waals surface area contributed by atoms with Crippen LogP contribution in [0.4, 0.5) is 9.52 Å². The van der Waals surface area contributed by atoms with Gasteiger partial charge >= 0.3 is 0 Å². The van der Waals surface area contributed by atoms with Crippen LogP contribution in [0.3, 0.4) is 0 Å². The molecule has 2 fully saturated rings. The second kappa shape index (κ2) is 9.80. The molecule has 10 heteroatoms. The Kier molecular flexibility index (Phi) is 6.64. The summed E-state index contributed by atoms with van der Waals surface area (Å²) in [6.45, 7) is 2.33. The molecule has 4 atom stereocenters. The first kappa shape index (κ1) is 22.3. The van der Waals surface area contributed by atoms with E-state index in [9.17, 15) is 9.18 Å². The first-order valence-corrected chi connectivity index (χ1v) is 13.1. The van der Waals surface area contributed by atoms with Gasteiger partial charge in [0.1, 0.15) is 6.61 Å². The molecule has 4 unspecified atom stereocenters. The molecule has 2 heterocycles. The largest absolute Gasteiger partial charge is 0.483 e. The number of fused-ring (bicyclic) bond motifs is 2. The molecule has 174 valence electrons. The van der Waals surface area contributed by atoms with Crippen LogP contribution in [-0.4, -0.2) is 31.4 Å². The zero-order chi connectivity index (χ0) is 22.8. The smallest absolute Gasteiger partial charge is 0.236 e. The normalized spacial score (nSPS) is 22.4. The van der Waals surface area contributed by atoms with Crippen LogP contribution in [0.25, 0.3) is 0 Å². The van der Waals surface area contributed by atoms with Crippen LogP contribution in [0.2, 0.25) is 0 Å². The molecule has 2 bridgehead atoms. The van der Waals surface area contributed by atoms with Crippen molar-refractivity contribution < 1.29 is 13.9 Å². The summed E-state index contributed by atoms with van der Waals surface area (Å²) in [6, 6.07) is 6.53. The molecule has 3 aromatic rings. The van der Waals surface area contributed by atoms with Gasteiger partial charge in [0.15, 0.2) is 27.7 Å². The Balaban J connectivity index is 1.33. The van der Waals surface area contributed by atoms with E-state index in [0.717, 1.165) is 11.8 Å². The molecule has 2 saturated carbocycles.